The SMILES string of the molecule is C=C1[C@H](O)CC/C(COC(=O)CC(C)(O)CC(=O)O)=C\C(OC(C)=O)[C@]2(C)CC[C@H](C(C)(C)O)[C@H]2C[C@H]1O. The largest absolute Gasteiger partial charge is 0.481 e. The van der Waals surface area contributed by atoms with Gasteiger partial charge in [-0.1, -0.05) is 13.5 Å². The zero-order chi connectivity index (χ0) is 29.1. The molecule has 0 saturated heterocycles. The Kier molecular flexibility index (Phi) is 10.3. The summed E-state index contributed by atoms with van der Waals surface area (Å²) in [5.74, 6) is -3.09. The molecule has 5 N–H and O–H groups in total. The molecule has 7 atom stereocenters. The molecule has 2 rings (SSSR count). The number of carbonyl (C=O) groups excluding carboxylic acids is 2. The number of aliphatic hydroxyl groups excluding tert-OH is 2. The van der Waals surface area contributed by atoms with Gasteiger partial charge in [0.15, 0.2) is 0 Å². The van der Waals surface area contributed by atoms with Crippen LogP contribution >= 0.6 is 0 Å². The summed E-state index contributed by atoms with van der Waals surface area (Å²) in [6.45, 7) is 11.6. The molecule has 2 aliphatic rings. The Morgan fingerprint density at radius 2 is 1.74 bits per heavy atom. The fourth-order valence-corrected chi connectivity index (χ4v) is 5.95. The molecule has 0 aromatic rings. The second kappa shape index (κ2) is 12.3. The van der Waals surface area contributed by atoms with Crippen LogP contribution in [-0.4, -0.2) is 79.6 Å². The van der Waals surface area contributed by atoms with Gasteiger partial charge in [-0.25, -0.2) is 0 Å². The zero-order valence-electron chi connectivity index (χ0n) is 23.1. The van der Waals surface area contributed by atoms with Gasteiger partial charge in [0.25, 0.3) is 0 Å². The molecule has 0 aromatic heterocycles. The molecule has 0 aromatic carbocycles. The van der Waals surface area contributed by atoms with Crippen molar-refractivity contribution in [1.82, 2.24) is 0 Å². The molecule has 0 heterocycles. The van der Waals surface area contributed by atoms with Gasteiger partial charge in [-0.15, -0.1) is 0 Å². The second-order valence-corrected chi connectivity index (χ2v) is 12.1. The molecule has 0 spiro atoms. The Bertz CT molecular complexity index is 930. The first kappa shape index (κ1) is 31.9. The summed E-state index contributed by atoms with van der Waals surface area (Å²) in [6, 6.07) is 0. The van der Waals surface area contributed by atoms with Crippen molar-refractivity contribution in [2.24, 2.45) is 17.3 Å². The molecule has 10 nitrogen and oxygen atoms in total. The number of aliphatic hydroxyl groups is 4. The van der Waals surface area contributed by atoms with Crippen molar-refractivity contribution < 1.29 is 49.4 Å². The van der Waals surface area contributed by atoms with E-state index in [0.717, 1.165) is 0 Å². The summed E-state index contributed by atoms with van der Waals surface area (Å²) in [5, 5.41) is 51.8. The second-order valence-electron chi connectivity index (χ2n) is 12.1. The van der Waals surface area contributed by atoms with Crippen molar-refractivity contribution in [1.29, 1.82) is 0 Å². The van der Waals surface area contributed by atoms with Gasteiger partial charge in [-0.3, -0.25) is 14.4 Å². The third-order valence-electron chi connectivity index (χ3n) is 8.11. The molecule has 0 radical (unpaired) electrons. The lowest BCUT2D eigenvalue weighted by molar-refractivity contribution is -0.154. The highest BCUT2D eigenvalue weighted by Crippen LogP contribution is 2.56. The predicted octanol–water partition coefficient (Wildman–Crippen LogP) is 2.27. The van der Waals surface area contributed by atoms with Crippen molar-refractivity contribution in [2.45, 2.75) is 109 Å². The van der Waals surface area contributed by atoms with E-state index < -0.39 is 65.7 Å². The van der Waals surface area contributed by atoms with Crippen molar-refractivity contribution in [3.05, 3.63) is 23.8 Å². The minimum Gasteiger partial charge on any atom is -0.481 e. The van der Waals surface area contributed by atoms with Crippen molar-refractivity contribution in [3.63, 3.8) is 0 Å². The first-order chi connectivity index (χ1) is 17.4. The highest BCUT2D eigenvalue weighted by molar-refractivity contribution is 5.74. The topological polar surface area (TPSA) is 171 Å². The Morgan fingerprint density at radius 1 is 1.11 bits per heavy atom. The number of rotatable bonds is 8. The minimum absolute atomic E-state index is 0.166. The number of hydrogen-bond donors (Lipinski definition) is 5. The molecular weight excluding hydrogens is 496 g/mol. The van der Waals surface area contributed by atoms with Crippen LogP contribution in [0.3, 0.4) is 0 Å². The third kappa shape index (κ3) is 8.36. The molecule has 2 unspecified atom stereocenters. The monoisotopic (exact) mass is 540 g/mol. The predicted molar refractivity (Wildman–Crippen MR) is 138 cm³/mol. The normalized spacial score (nSPS) is 33.7. The average Bonchev–Trinajstić information content (AvgIpc) is 3.09. The van der Waals surface area contributed by atoms with Gasteiger partial charge in [-0.2, -0.15) is 0 Å². The number of carbonyl (C=O) groups is 3. The molecule has 0 bridgehead atoms. The molecule has 10 heteroatoms. The maximum atomic E-state index is 12.4. The third-order valence-corrected chi connectivity index (χ3v) is 8.11. The Hall–Kier alpha value is -2.27. The van der Waals surface area contributed by atoms with Gasteiger partial charge >= 0.3 is 17.9 Å². The summed E-state index contributed by atoms with van der Waals surface area (Å²) in [7, 11) is 0. The molecule has 2 aliphatic carbocycles. The fraction of sp³-hybridized carbons (Fsp3) is 0.750. The van der Waals surface area contributed by atoms with Crippen LogP contribution in [0.4, 0.5) is 0 Å². The standard InChI is InChI=1S/C28H44O10/c1-16-21(30)8-7-18(15-37-25(34)14-27(5,36)13-24(32)33)11-23(38-17(2)29)28(6)10-9-19(26(3,4)35)20(28)12-22(16)31/h11,19-23,30-31,35-36H,1,7-10,12-15H2,2-6H3,(H,32,33)/b18-11+/t19-,20+,21+,22+,23?,27?,28+/m0/s1. The van der Waals surface area contributed by atoms with E-state index in [1.807, 2.05) is 6.92 Å². The number of fused-ring (bicyclic) bond motifs is 1. The molecule has 1 fully saturated rings. The van der Waals surface area contributed by atoms with Crippen LogP contribution in [-0.2, 0) is 23.9 Å². The molecule has 38 heavy (non-hydrogen) atoms. The van der Waals surface area contributed by atoms with E-state index in [-0.39, 0.29) is 43.3 Å². The summed E-state index contributed by atoms with van der Waals surface area (Å²) < 4.78 is 11.1. The van der Waals surface area contributed by atoms with Gasteiger partial charge in [0.05, 0.1) is 36.3 Å². The van der Waals surface area contributed by atoms with Gasteiger partial charge in [0.2, 0.25) is 0 Å². The summed E-state index contributed by atoms with van der Waals surface area (Å²) in [6.07, 6.45) is -0.446. The maximum absolute atomic E-state index is 12.4. The van der Waals surface area contributed by atoms with Crippen LogP contribution in [0.5, 0.6) is 0 Å². The highest BCUT2D eigenvalue weighted by Gasteiger charge is 2.54. The van der Waals surface area contributed by atoms with E-state index in [1.54, 1.807) is 19.9 Å². The Morgan fingerprint density at radius 3 is 2.29 bits per heavy atom. The van der Waals surface area contributed by atoms with Crippen LogP contribution in [0.25, 0.3) is 0 Å². The number of carboxylic acids is 1. The molecule has 1 saturated carbocycles. The smallest absolute Gasteiger partial charge is 0.309 e. The van der Waals surface area contributed by atoms with Crippen molar-refractivity contribution in [2.75, 3.05) is 6.61 Å². The van der Waals surface area contributed by atoms with Crippen LogP contribution in [0.2, 0.25) is 0 Å². The van der Waals surface area contributed by atoms with Gasteiger partial charge in [0, 0.05) is 12.3 Å². The van der Waals surface area contributed by atoms with Gasteiger partial charge < -0.3 is 35.0 Å². The number of hydrogen-bond acceptors (Lipinski definition) is 9. The zero-order valence-corrected chi connectivity index (χ0v) is 23.1. The first-order valence-electron chi connectivity index (χ1n) is 13.1. The van der Waals surface area contributed by atoms with Crippen LogP contribution < -0.4 is 0 Å². The van der Waals surface area contributed by atoms with E-state index in [0.29, 0.717) is 18.4 Å². The van der Waals surface area contributed by atoms with Crippen LogP contribution in [0, 0.1) is 17.3 Å². The number of esters is 2. The fourth-order valence-electron chi connectivity index (χ4n) is 5.95. The van der Waals surface area contributed by atoms with Crippen LogP contribution in [0.1, 0.15) is 79.6 Å². The summed E-state index contributed by atoms with van der Waals surface area (Å²) >= 11 is 0. The quantitative estimate of drug-likeness (QED) is 0.227. The van der Waals surface area contributed by atoms with E-state index in [2.05, 4.69) is 6.58 Å². The molecule has 0 amide bonds. The first-order valence-corrected chi connectivity index (χ1v) is 13.1. The summed E-state index contributed by atoms with van der Waals surface area (Å²) in [5.41, 5.74) is -2.74. The lowest BCUT2D eigenvalue weighted by Crippen LogP contribution is -2.45. The number of carboxylic acid groups (broad SMARTS) is 1. The average molecular weight is 541 g/mol. The lowest BCUT2D eigenvalue weighted by Gasteiger charge is -2.42. The van der Waals surface area contributed by atoms with Crippen molar-refractivity contribution >= 4 is 17.9 Å². The Balaban J connectivity index is 2.44. The van der Waals surface area contributed by atoms with Gasteiger partial charge in [0.1, 0.15) is 12.7 Å². The minimum atomic E-state index is -1.79. The molecule has 0 aliphatic heterocycles. The molecule has 216 valence electrons. The number of aliphatic carboxylic acids is 1. The van der Waals surface area contributed by atoms with E-state index in [9.17, 15) is 34.8 Å². The summed E-state index contributed by atoms with van der Waals surface area (Å²) in [4.78, 5) is 35.5. The van der Waals surface area contributed by atoms with E-state index in [4.69, 9.17) is 14.6 Å². The van der Waals surface area contributed by atoms with Gasteiger partial charge in [-0.05, 0) is 81.9 Å². The Labute approximate surface area is 224 Å². The van der Waals surface area contributed by atoms with E-state index >= 15 is 0 Å². The molecular formula is C28H44O10. The maximum Gasteiger partial charge on any atom is 0.309 e. The van der Waals surface area contributed by atoms with E-state index in [1.165, 1.54) is 13.8 Å². The van der Waals surface area contributed by atoms with Crippen LogP contribution in [0.15, 0.2) is 23.8 Å². The van der Waals surface area contributed by atoms with Crippen molar-refractivity contribution in [3.8, 4) is 0 Å². The number of ether oxygens (including phenoxy) is 2. The lowest BCUT2D eigenvalue weighted by atomic mass is 9.67. The highest BCUT2D eigenvalue weighted by atomic mass is 16.5.